The van der Waals surface area contributed by atoms with Gasteiger partial charge in [0.25, 0.3) is 0 Å². The number of thioether (sulfide) groups is 1. The minimum absolute atomic E-state index is 0.0469. The molecule has 0 bridgehead atoms. The van der Waals surface area contributed by atoms with Crippen LogP contribution in [0.2, 0.25) is 5.02 Å². The van der Waals surface area contributed by atoms with Crippen LogP contribution in [0.4, 0.5) is 0 Å². The summed E-state index contributed by atoms with van der Waals surface area (Å²) in [6.07, 6.45) is 0. The van der Waals surface area contributed by atoms with Crippen molar-refractivity contribution < 1.29 is 0 Å². The summed E-state index contributed by atoms with van der Waals surface area (Å²) >= 11 is 7.91. The van der Waals surface area contributed by atoms with Crippen molar-refractivity contribution in [2.24, 2.45) is 5.73 Å². The minimum atomic E-state index is 0.0469. The van der Waals surface area contributed by atoms with E-state index in [0.717, 1.165) is 15.5 Å². The first-order valence-electron chi connectivity index (χ1n) is 4.72. The second-order valence-corrected chi connectivity index (χ2v) is 5.67. The Morgan fingerprint density at radius 2 is 1.93 bits per heavy atom. The van der Waals surface area contributed by atoms with Gasteiger partial charge in [0, 0.05) is 16.2 Å². The molecule has 0 aliphatic rings. The molecule has 0 unspecified atom stereocenters. The van der Waals surface area contributed by atoms with E-state index in [1.165, 1.54) is 0 Å². The van der Waals surface area contributed by atoms with E-state index in [0.29, 0.717) is 5.25 Å². The third-order valence-corrected chi connectivity index (χ3v) is 3.35. The highest BCUT2D eigenvalue weighted by Gasteiger charge is 2.06. The van der Waals surface area contributed by atoms with Crippen LogP contribution >= 0.6 is 23.4 Å². The molecule has 1 aromatic rings. The van der Waals surface area contributed by atoms with E-state index in [9.17, 15) is 0 Å². The molecule has 1 nitrogen and oxygen atoms in total. The predicted octanol–water partition coefficient (Wildman–Crippen LogP) is 3.86. The minimum Gasteiger partial charge on any atom is -0.324 e. The van der Waals surface area contributed by atoms with Crippen LogP contribution in [0.5, 0.6) is 0 Å². The molecule has 0 aromatic heterocycles. The molecule has 1 atom stereocenters. The summed E-state index contributed by atoms with van der Waals surface area (Å²) in [5, 5.41) is 1.35. The summed E-state index contributed by atoms with van der Waals surface area (Å²) in [5.41, 5.74) is 6.85. The zero-order chi connectivity index (χ0) is 10.7. The highest BCUT2D eigenvalue weighted by Crippen LogP contribution is 2.31. The van der Waals surface area contributed by atoms with E-state index < -0.39 is 0 Å². The van der Waals surface area contributed by atoms with Crippen molar-refractivity contribution in [2.45, 2.75) is 37.0 Å². The second kappa shape index (κ2) is 5.06. The molecule has 0 heterocycles. The molecule has 14 heavy (non-hydrogen) atoms. The van der Waals surface area contributed by atoms with Crippen molar-refractivity contribution in [2.75, 3.05) is 0 Å². The number of halogens is 1. The Labute approximate surface area is 95.0 Å². The maximum Gasteiger partial charge on any atom is 0.0545 e. The van der Waals surface area contributed by atoms with Gasteiger partial charge in [0.2, 0.25) is 0 Å². The molecule has 0 fully saturated rings. The fourth-order valence-electron chi connectivity index (χ4n) is 1.15. The zero-order valence-corrected chi connectivity index (χ0v) is 10.3. The molecule has 2 N–H and O–H groups in total. The number of nitrogens with two attached hydrogens (primary N) is 1. The van der Waals surface area contributed by atoms with Crippen LogP contribution in [-0.4, -0.2) is 5.25 Å². The SMILES string of the molecule is CC(C)Sc1ccc([C@@H](C)N)cc1Cl. The van der Waals surface area contributed by atoms with E-state index in [2.05, 4.69) is 13.8 Å². The Bertz CT molecular complexity index is 310. The van der Waals surface area contributed by atoms with E-state index in [1.54, 1.807) is 11.8 Å². The Balaban J connectivity index is 2.90. The van der Waals surface area contributed by atoms with Crippen LogP contribution in [0, 0.1) is 0 Å². The van der Waals surface area contributed by atoms with E-state index in [1.807, 2.05) is 25.1 Å². The number of hydrogen-bond donors (Lipinski definition) is 1. The standard InChI is InChI=1S/C11H16ClNS/c1-7(2)14-11-5-4-9(8(3)13)6-10(11)12/h4-8H,13H2,1-3H3/t8-/m1/s1. The quantitative estimate of drug-likeness (QED) is 0.797. The van der Waals surface area contributed by atoms with Gasteiger partial charge in [0.1, 0.15) is 0 Å². The lowest BCUT2D eigenvalue weighted by atomic mass is 10.1. The van der Waals surface area contributed by atoms with Crippen molar-refractivity contribution in [1.82, 2.24) is 0 Å². The molecular weight excluding hydrogens is 214 g/mol. The third-order valence-electron chi connectivity index (χ3n) is 1.84. The number of benzene rings is 1. The van der Waals surface area contributed by atoms with Crippen molar-refractivity contribution in [3.63, 3.8) is 0 Å². The summed E-state index contributed by atoms with van der Waals surface area (Å²) in [4.78, 5) is 1.13. The van der Waals surface area contributed by atoms with Crippen molar-refractivity contribution in [3.8, 4) is 0 Å². The average Bonchev–Trinajstić information content (AvgIpc) is 2.07. The molecule has 0 saturated heterocycles. The first kappa shape index (κ1) is 11.9. The lowest BCUT2D eigenvalue weighted by molar-refractivity contribution is 0.817. The highest BCUT2D eigenvalue weighted by atomic mass is 35.5. The third kappa shape index (κ3) is 3.19. The fourth-order valence-corrected chi connectivity index (χ4v) is 2.30. The Kier molecular flexibility index (Phi) is 4.30. The normalized spacial score (nSPS) is 13.3. The largest absolute Gasteiger partial charge is 0.324 e. The van der Waals surface area contributed by atoms with Crippen LogP contribution in [0.1, 0.15) is 32.4 Å². The van der Waals surface area contributed by atoms with Crippen molar-refractivity contribution in [1.29, 1.82) is 0 Å². The van der Waals surface area contributed by atoms with E-state index >= 15 is 0 Å². The summed E-state index contributed by atoms with van der Waals surface area (Å²) < 4.78 is 0. The summed E-state index contributed by atoms with van der Waals surface area (Å²) in [6, 6.07) is 6.09. The van der Waals surface area contributed by atoms with Gasteiger partial charge in [0.15, 0.2) is 0 Å². The van der Waals surface area contributed by atoms with Crippen LogP contribution in [0.3, 0.4) is 0 Å². The average molecular weight is 230 g/mol. The zero-order valence-electron chi connectivity index (χ0n) is 8.75. The Morgan fingerprint density at radius 3 is 2.36 bits per heavy atom. The molecule has 0 amide bonds. The monoisotopic (exact) mass is 229 g/mol. The molecule has 1 aromatic carbocycles. The summed E-state index contributed by atoms with van der Waals surface area (Å²) in [6.45, 7) is 6.27. The van der Waals surface area contributed by atoms with Crippen LogP contribution in [0.25, 0.3) is 0 Å². The van der Waals surface area contributed by atoms with Gasteiger partial charge in [-0.15, -0.1) is 11.8 Å². The smallest absolute Gasteiger partial charge is 0.0545 e. The lowest BCUT2D eigenvalue weighted by Gasteiger charge is -2.10. The second-order valence-electron chi connectivity index (χ2n) is 3.65. The topological polar surface area (TPSA) is 26.0 Å². The van der Waals surface area contributed by atoms with Crippen LogP contribution < -0.4 is 5.73 Å². The van der Waals surface area contributed by atoms with Crippen molar-refractivity contribution >= 4 is 23.4 Å². The first-order chi connectivity index (χ1) is 6.50. The van der Waals surface area contributed by atoms with Crippen molar-refractivity contribution in [3.05, 3.63) is 28.8 Å². The van der Waals surface area contributed by atoms with Gasteiger partial charge in [-0.25, -0.2) is 0 Å². The number of rotatable bonds is 3. The first-order valence-corrected chi connectivity index (χ1v) is 5.98. The maximum atomic E-state index is 6.14. The molecule has 0 spiro atoms. The summed E-state index contributed by atoms with van der Waals surface area (Å²) in [7, 11) is 0. The van der Waals surface area contributed by atoms with Gasteiger partial charge in [0.05, 0.1) is 5.02 Å². The highest BCUT2D eigenvalue weighted by molar-refractivity contribution is 8.00. The Morgan fingerprint density at radius 1 is 1.29 bits per heavy atom. The van der Waals surface area contributed by atoms with Gasteiger partial charge in [-0.2, -0.15) is 0 Å². The molecule has 1 rings (SSSR count). The molecule has 0 aliphatic carbocycles. The van der Waals surface area contributed by atoms with E-state index in [4.69, 9.17) is 17.3 Å². The lowest BCUT2D eigenvalue weighted by Crippen LogP contribution is -2.04. The van der Waals surface area contributed by atoms with Crippen LogP contribution in [-0.2, 0) is 0 Å². The van der Waals surface area contributed by atoms with Crippen LogP contribution in [0.15, 0.2) is 23.1 Å². The molecule has 3 heteroatoms. The molecular formula is C11H16ClNS. The molecule has 0 saturated carbocycles. The van der Waals surface area contributed by atoms with Gasteiger partial charge in [-0.1, -0.05) is 31.5 Å². The van der Waals surface area contributed by atoms with E-state index in [-0.39, 0.29) is 6.04 Å². The maximum absolute atomic E-state index is 6.14. The van der Waals surface area contributed by atoms with Gasteiger partial charge < -0.3 is 5.73 Å². The van der Waals surface area contributed by atoms with Gasteiger partial charge >= 0.3 is 0 Å². The fraction of sp³-hybridized carbons (Fsp3) is 0.455. The van der Waals surface area contributed by atoms with Gasteiger partial charge in [-0.3, -0.25) is 0 Å². The predicted molar refractivity (Wildman–Crippen MR) is 65.0 cm³/mol. The molecule has 0 radical (unpaired) electrons. The molecule has 0 aliphatic heterocycles. The summed E-state index contributed by atoms with van der Waals surface area (Å²) in [5.74, 6) is 0. The van der Waals surface area contributed by atoms with Gasteiger partial charge in [-0.05, 0) is 24.6 Å². The molecule has 78 valence electrons. The number of hydrogen-bond acceptors (Lipinski definition) is 2. The Hall–Kier alpha value is -0.180.